The molecule has 0 spiro atoms. The van der Waals surface area contributed by atoms with Gasteiger partial charge in [0.05, 0.1) is 19.2 Å². The Morgan fingerprint density at radius 1 is 1.10 bits per heavy atom. The minimum absolute atomic E-state index is 0.101. The quantitative estimate of drug-likeness (QED) is 0.515. The van der Waals surface area contributed by atoms with Crippen molar-refractivity contribution in [1.82, 2.24) is 13.5 Å². The highest BCUT2D eigenvalue weighted by molar-refractivity contribution is 7.04. The Labute approximate surface area is 175 Å². The molecule has 0 fully saturated rings. The molecule has 4 rings (SSSR count). The Balaban J connectivity index is 1.69. The summed E-state index contributed by atoms with van der Waals surface area (Å²) in [5.41, 5.74) is 0.843. The van der Waals surface area contributed by atoms with E-state index in [1.165, 1.54) is 11.7 Å². The van der Waals surface area contributed by atoms with Gasteiger partial charge in [-0.15, -0.1) is 0 Å². The van der Waals surface area contributed by atoms with Crippen molar-refractivity contribution in [3.8, 4) is 5.75 Å². The van der Waals surface area contributed by atoms with Gasteiger partial charge in [-0.2, -0.15) is 4.37 Å². The van der Waals surface area contributed by atoms with E-state index in [4.69, 9.17) is 4.74 Å². The van der Waals surface area contributed by atoms with Gasteiger partial charge in [0.15, 0.2) is 5.52 Å². The topological polar surface area (TPSA) is 95.2 Å². The molecule has 0 radical (unpaired) electrons. The highest BCUT2D eigenvalue weighted by Gasteiger charge is 2.17. The first-order valence-corrected chi connectivity index (χ1v) is 9.96. The lowest BCUT2D eigenvalue weighted by Gasteiger charge is -2.12. The van der Waals surface area contributed by atoms with E-state index in [-0.39, 0.29) is 18.6 Å². The number of carbonyl (C=O) groups excluding carboxylic acids is 1. The third-order valence-corrected chi connectivity index (χ3v) is 5.21. The number of ether oxygens (including phenoxy) is 1. The molecule has 4 aromatic rings. The maximum absolute atomic E-state index is 13.1. The molecule has 9 heteroatoms. The van der Waals surface area contributed by atoms with E-state index in [2.05, 4.69) is 9.69 Å². The SMILES string of the molecule is COc1cccc(NC(=O)Cn2c(=O)n(Cc3ccccc3)c(=O)c3nscc32)c1. The van der Waals surface area contributed by atoms with Crippen LogP contribution in [0.5, 0.6) is 5.75 Å². The number of carbonyl (C=O) groups is 1. The van der Waals surface area contributed by atoms with Gasteiger partial charge in [-0.25, -0.2) is 4.79 Å². The molecular weight excluding hydrogens is 404 g/mol. The van der Waals surface area contributed by atoms with Crippen LogP contribution in [0.1, 0.15) is 5.56 Å². The molecule has 0 aliphatic carbocycles. The van der Waals surface area contributed by atoms with Gasteiger partial charge in [0.25, 0.3) is 5.56 Å². The summed E-state index contributed by atoms with van der Waals surface area (Å²) in [5, 5.41) is 4.35. The highest BCUT2D eigenvalue weighted by atomic mass is 32.1. The molecule has 0 bridgehead atoms. The van der Waals surface area contributed by atoms with Gasteiger partial charge >= 0.3 is 5.69 Å². The number of nitrogens with zero attached hydrogens (tertiary/aromatic N) is 3. The minimum atomic E-state index is -0.558. The average Bonchev–Trinajstić information content (AvgIpc) is 3.25. The fourth-order valence-corrected chi connectivity index (χ4v) is 3.81. The molecule has 0 aliphatic heterocycles. The van der Waals surface area contributed by atoms with Crippen LogP contribution in [-0.2, 0) is 17.9 Å². The van der Waals surface area contributed by atoms with Crippen LogP contribution in [0.3, 0.4) is 0 Å². The van der Waals surface area contributed by atoms with Crippen molar-refractivity contribution in [2.75, 3.05) is 12.4 Å². The van der Waals surface area contributed by atoms with Crippen molar-refractivity contribution in [2.24, 2.45) is 0 Å². The third-order valence-electron chi connectivity index (χ3n) is 4.59. The maximum atomic E-state index is 13.1. The van der Waals surface area contributed by atoms with E-state index in [0.717, 1.165) is 21.7 Å². The lowest BCUT2D eigenvalue weighted by atomic mass is 10.2. The van der Waals surface area contributed by atoms with Gasteiger partial charge in [0.1, 0.15) is 12.3 Å². The highest BCUT2D eigenvalue weighted by Crippen LogP contribution is 2.17. The molecule has 30 heavy (non-hydrogen) atoms. The molecule has 0 saturated carbocycles. The van der Waals surface area contributed by atoms with Crippen molar-refractivity contribution in [1.29, 1.82) is 0 Å². The lowest BCUT2D eigenvalue weighted by Crippen LogP contribution is -2.41. The van der Waals surface area contributed by atoms with E-state index in [1.807, 2.05) is 30.3 Å². The second-order valence-electron chi connectivity index (χ2n) is 6.57. The van der Waals surface area contributed by atoms with Crippen LogP contribution in [0.15, 0.2) is 69.6 Å². The molecular formula is C21H18N4O4S. The van der Waals surface area contributed by atoms with Crippen molar-refractivity contribution >= 4 is 34.2 Å². The molecule has 0 aliphatic rings. The Morgan fingerprint density at radius 3 is 2.67 bits per heavy atom. The average molecular weight is 422 g/mol. The van der Waals surface area contributed by atoms with E-state index in [9.17, 15) is 14.4 Å². The fraction of sp³-hybridized carbons (Fsp3) is 0.143. The summed E-state index contributed by atoms with van der Waals surface area (Å²) < 4.78 is 11.7. The first kappa shape index (κ1) is 19.6. The summed E-state index contributed by atoms with van der Waals surface area (Å²) in [6.45, 7) is -0.149. The molecule has 2 aromatic carbocycles. The first-order chi connectivity index (χ1) is 14.6. The first-order valence-electron chi connectivity index (χ1n) is 9.12. The van der Waals surface area contributed by atoms with Crippen LogP contribution in [0, 0.1) is 0 Å². The summed E-state index contributed by atoms with van der Waals surface area (Å²) >= 11 is 1.07. The Bertz CT molecular complexity index is 1320. The number of hydrogen-bond acceptors (Lipinski definition) is 6. The molecule has 0 saturated heterocycles. The number of amides is 1. The Morgan fingerprint density at radius 2 is 1.90 bits per heavy atom. The van der Waals surface area contributed by atoms with Gasteiger partial charge < -0.3 is 10.1 Å². The number of rotatable bonds is 6. The number of nitrogens with one attached hydrogen (secondary N) is 1. The van der Waals surface area contributed by atoms with Crippen molar-refractivity contribution in [3.05, 3.63) is 86.4 Å². The number of fused-ring (bicyclic) bond motifs is 1. The van der Waals surface area contributed by atoms with Gasteiger partial charge in [-0.05, 0) is 29.2 Å². The minimum Gasteiger partial charge on any atom is -0.497 e. The van der Waals surface area contributed by atoms with Gasteiger partial charge in [0.2, 0.25) is 5.91 Å². The molecule has 152 valence electrons. The summed E-state index contributed by atoms with van der Waals surface area (Å²) in [7, 11) is 1.54. The van der Waals surface area contributed by atoms with Crippen molar-refractivity contribution in [3.63, 3.8) is 0 Å². The zero-order valence-corrected chi connectivity index (χ0v) is 16.9. The largest absolute Gasteiger partial charge is 0.497 e. The predicted molar refractivity (Wildman–Crippen MR) is 115 cm³/mol. The number of anilines is 1. The van der Waals surface area contributed by atoms with Gasteiger partial charge in [0, 0.05) is 17.1 Å². The molecule has 0 atom stereocenters. The Kier molecular flexibility index (Phi) is 5.44. The lowest BCUT2D eigenvalue weighted by molar-refractivity contribution is -0.116. The van der Waals surface area contributed by atoms with Crippen LogP contribution < -0.4 is 21.3 Å². The second kappa shape index (κ2) is 8.34. The van der Waals surface area contributed by atoms with Crippen LogP contribution >= 0.6 is 11.5 Å². The third kappa shape index (κ3) is 3.87. The summed E-state index contributed by atoms with van der Waals surface area (Å²) in [4.78, 5) is 38.5. The van der Waals surface area contributed by atoms with E-state index < -0.39 is 17.2 Å². The summed E-state index contributed by atoms with van der Waals surface area (Å²) in [6.07, 6.45) is 0. The Hall–Kier alpha value is -3.72. The molecule has 1 N–H and O–H groups in total. The zero-order valence-electron chi connectivity index (χ0n) is 16.1. The molecule has 2 aromatic heterocycles. The van der Waals surface area contributed by atoms with E-state index in [0.29, 0.717) is 17.0 Å². The predicted octanol–water partition coefficient (Wildman–Crippen LogP) is 2.32. The summed E-state index contributed by atoms with van der Waals surface area (Å²) in [5.74, 6) is 0.202. The summed E-state index contributed by atoms with van der Waals surface area (Å²) in [6, 6.07) is 16.1. The monoisotopic (exact) mass is 422 g/mol. The van der Waals surface area contributed by atoms with Gasteiger partial charge in [-0.1, -0.05) is 36.4 Å². The van der Waals surface area contributed by atoms with Crippen LogP contribution in [0.2, 0.25) is 0 Å². The number of methoxy groups -OCH3 is 1. The van der Waals surface area contributed by atoms with Crippen molar-refractivity contribution < 1.29 is 9.53 Å². The van der Waals surface area contributed by atoms with E-state index >= 15 is 0 Å². The fourth-order valence-electron chi connectivity index (χ4n) is 3.14. The number of hydrogen-bond donors (Lipinski definition) is 1. The smallest absolute Gasteiger partial charge is 0.332 e. The maximum Gasteiger partial charge on any atom is 0.332 e. The number of benzene rings is 2. The molecule has 1 amide bonds. The standard InChI is InChI=1S/C21H18N4O4S/c1-29-16-9-5-8-15(10-16)22-18(26)12-24-17-13-30-23-19(17)20(27)25(21(24)28)11-14-6-3-2-4-7-14/h2-10,13H,11-12H2,1H3,(H,22,26). The zero-order chi connectivity index (χ0) is 21.1. The van der Waals surface area contributed by atoms with Gasteiger partial charge in [-0.3, -0.25) is 18.7 Å². The van der Waals surface area contributed by atoms with Crippen LogP contribution in [0.25, 0.3) is 11.0 Å². The van der Waals surface area contributed by atoms with E-state index in [1.54, 1.807) is 29.6 Å². The van der Waals surface area contributed by atoms with Crippen molar-refractivity contribution in [2.45, 2.75) is 13.1 Å². The normalized spacial score (nSPS) is 10.8. The number of aromatic nitrogens is 3. The second-order valence-corrected chi connectivity index (χ2v) is 7.20. The van der Waals surface area contributed by atoms with Crippen LogP contribution in [0.4, 0.5) is 5.69 Å². The molecule has 0 unspecified atom stereocenters. The molecule has 2 heterocycles. The molecule has 8 nitrogen and oxygen atoms in total. The van der Waals surface area contributed by atoms with Crippen LogP contribution in [-0.4, -0.2) is 26.5 Å².